The Labute approximate surface area is 667 Å². The van der Waals surface area contributed by atoms with Crippen LogP contribution < -0.4 is 33.8 Å². The lowest BCUT2D eigenvalue weighted by molar-refractivity contribution is -0.661. The molecule has 0 radical (unpaired) electrons. The minimum absolute atomic E-state index is 0.0699. The van der Waals surface area contributed by atoms with Crippen molar-refractivity contribution in [2.75, 3.05) is 0 Å². The van der Waals surface area contributed by atoms with Crippen LogP contribution in [-0.2, 0) is 34.6 Å². The fourth-order valence-electron chi connectivity index (χ4n) is 13.5. The first-order valence-corrected chi connectivity index (χ1v) is 47.3. The number of hydrogen-bond acceptors (Lipinski definition) is 0. The molecule has 0 bridgehead atoms. The summed E-state index contributed by atoms with van der Waals surface area (Å²) < 4.78 is 147. The molecule has 0 amide bonds. The summed E-state index contributed by atoms with van der Waals surface area (Å²) in [6.45, 7) is 30.7. The standard InChI is InChI=1S/C28H38NSi.C25H32NSi.C24H30NSi.C22H24N/c1-20-15-26(29(6)19-23(20)18-28(3,4)5)24-17-25(22-13-11-10-12-14-22)27(16-21(24)2)30(7,8)9;1-17-9-11-21(12-10-17)22-15-23(19(3)13-18(22)2)24-14-20(4)25(16-26(24)5)27(6,7)8;1-17-8-10-20(11-9-17)22-15-23(19(3)14-18(22)2)24-13-12-21(16-25(24)4)26(5,6)7;1-15-6-8-19(9-7-15)20-14-21(18(4)13-17(20)3)22-12-16(2)10-11-23(22)5/h10-17,19H,18H2,1-9H3;9-16H,1-8H3;8-16H,1-7H3;6-14H,1-5H3/q4*+1/i1D3,18D2;2D3,4D3;2D3;3D3. The first-order valence-electron chi connectivity index (χ1n) is 45.3. The molecule has 7 heteroatoms. The van der Waals surface area contributed by atoms with E-state index in [2.05, 4.69) is 144 Å². The van der Waals surface area contributed by atoms with Crippen molar-refractivity contribution in [2.45, 2.75) is 176 Å². The lowest BCUT2D eigenvalue weighted by Crippen LogP contribution is -2.46. The van der Waals surface area contributed by atoms with E-state index in [1.807, 2.05) is 206 Å². The maximum absolute atomic E-state index is 8.80. The normalized spacial score (nSPS) is 14.8. The van der Waals surface area contributed by atoms with E-state index in [0.717, 1.165) is 123 Å². The molecule has 0 atom stereocenters. The molecule has 4 nitrogen and oxygen atoms in total. The van der Waals surface area contributed by atoms with Crippen LogP contribution in [0.4, 0.5) is 0 Å². The van der Waals surface area contributed by atoms with Gasteiger partial charge in [-0.1, -0.05) is 235 Å². The molecule has 0 fully saturated rings. The van der Waals surface area contributed by atoms with Gasteiger partial charge in [0, 0.05) is 91.8 Å². The molecule has 12 rings (SSSR count). The van der Waals surface area contributed by atoms with Gasteiger partial charge in [-0.15, -0.1) is 0 Å². The summed E-state index contributed by atoms with van der Waals surface area (Å²) in [4.78, 5) is 0. The number of rotatable bonds is 12. The number of hydrogen-bond donors (Lipinski definition) is 0. The van der Waals surface area contributed by atoms with Crippen molar-refractivity contribution >= 4 is 39.8 Å². The highest BCUT2D eigenvalue weighted by Gasteiger charge is 2.29. The van der Waals surface area contributed by atoms with Gasteiger partial charge >= 0.3 is 0 Å². The second-order valence-electron chi connectivity index (χ2n) is 33.2. The average Bonchev–Trinajstić information content (AvgIpc) is 0.814. The van der Waals surface area contributed by atoms with Gasteiger partial charge in [-0.05, 0) is 226 Å². The Kier molecular flexibility index (Phi) is 18.7. The first kappa shape index (κ1) is 60.1. The van der Waals surface area contributed by atoms with Gasteiger partial charge in [0.2, 0.25) is 22.8 Å². The van der Waals surface area contributed by atoms with Crippen molar-refractivity contribution in [1.29, 1.82) is 0 Å². The van der Waals surface area contributed by atoms with Gasteiger partial charge in [-0.25, -0.2) is 18.3 Å². The summed E-state index contributed by atoms with van der Waals surface area (Å²) in [5, 5.41) is 3.67. The molecular weight excluding hydrogens is 1330 g/mol. The summed E-state index contributed by atoms with van der Waals surface area (Å²) in [5.74, 6) is 0. The van der Waals surface area contributed by atoms with Crippen LogP contribution in [0.25, 0.3) is 89.5 Å². The summed E-state index contributed by atoms with van der Waals surface area (Å²) in [5.41, 5.74) is 24.2. The third-order valence-corrected chi connectivity index (χ3v) is 25.8. The van der Waals surface area contributed by atoms with E-state index in [1.54, 1.807) is 45.2 Å². The van der Waals surface area contributed by atoms with E-state index < -0.39 is 70.3 Å². The van der Waals surface area contributed by atoms with E-state index in [-0.39, 0.29) is 11.1 Å². The van der Waals surface area contributed by atoms with E-state index in [9.17, 15) is 0 Å². The Bertz CT molecular complexity index is 5860. The third-order valence-electron chi connectivity index (χ3n) is 19.7. The molecule has 548 valence electrons. The third kappa shape index (κ3) is 19.8. The van der Waals surface area contributed by atoms with Crippen molar-refractivity contribution in [3.63, 3.8) is 0 Å². The van der Waals surface area contributed by atoms with Crippen molar-refractivity contribution in [1.82, 2.24) is 0 Å². The maximum atomic E-state index is 8.80. The molecule has 4 aromatic heterocycles. The Morgan fingerprint density at radius 3 is 1.08 bits per heavy atom. The SMILES string of the molecule is [2H]C([2H])([2H])c1cc(-c2cc(-c3ccccc3)c([Si](C)(C)C)cc2C)[n+](C)cc1C([2H])([2H])C(C)(C)C.[2H]C([2H])([2H])c1cc(C)c(-c2cc(C([2H])([2H])[2H])c([Si](C)(C)C)c[n+]2C)cc1-c1ccc(C)cc1.[2H]C([2H])([2H])c1cc(C)c(-c2cc(C)cc[n+]2C)cc1-c1ccc(C)cc1.[2H]C([2H])([2H])c1cc(C)c(-c2ccc([Si](C)(C)C)c[n+]2C)cc1-c1ccc(C)cc1. The van der Waals surface area contributed by atoms with Crippen molar-refractivity contribution in [3.8, 4) is 89.5 Å². The van der Waals surface area contributed by atoms with E-state index in [0.29, 0.717) is 27.8 Å². The second kappa shape index (κ2) is 33.0. The smallest absolute Gasteiger partial charge is 0.201 e. The Morgan fingerprint density at radius 1 is 0.302 bits per heavy atom. The largest absolute Gasteiger partial charge is 0.212 e. The van der Waals surface area contributed by atoms with Gasteiger partial charge < -0.3 is 0 Å². The zero-order valence-corrected chi connectivity index (χ0v) is 70.5. The zero-order chi connectivity index (χ0) is 92.1. The minimum Gasteiger partial charge on any atom is -0.201 e. The summed E-state index contributed by atoms with van der Waals surface area (Å²) in [6.07, 6.45) is 6.07. The topological polar surface area (TPSA) is 15.5 Å². The number of aromatic nitrogens is 4. The van der Waals surface area contributed by atoms with Gasteiger partial charge in [0.25, 0.3) is 0 Å². The first-order chi connectivity index (χ1) is 56.4. The number of aryl methyl sites for hydroxylation is 17. The Balaban J connectivity index is 0.000000187. The van der Waals surface area contributed by atoms with Gasteiger partial charge in [0.1, 0.15) is 28.2 Å². The van der Waals surface area contributed by atoms with Crippen LogP contribution in [0.15, 0.2) is 213 Å². The summed E-state index contributed by atoms with van der Waals surface area (Å²) in [7, 11) is 2.89. The highest BCUT2D eigenvalue weighted by Crippen LogP contribution is 2.37. The molecule has 0 saturated carbocycles. The van der Waals surface area contributed by atoms with E-state index >= 15 is 0 Å². The van der Waals surface area contributed by atoms with Crippen molar-refractivity contribution in [3.05, 3.63) is 291 Å². The van der Waals surface area contributed by atoms with Gasteiger partial charge in [0.05, 0.1) is 24.2 Å². The minimum atomic E-state index is -2.44. The number of benzene rings is 8. The monoisotopic (exact) mass is 1470 g/mol. The van der Waals surface area contributed by atoms with Crippen LogP contribution in [0.2, 0.25) is 58.9 Å². The average molecular weight is 1470 g/mol. The molecule has 12 aromatic rings. The zero-order valence-electron chi connectivity index (χ0n) is 84.5. The summed E-state index contributed by atoms with van der Waals surface area (Å²) >= 11 is 0. The lowest BCUT2D eigenvalue weighted by Gasteiger charge is -2.24. The molecular formula is C99H124N4Si3+4. The molecule has 8 aromatic carbocycles. The quantitative estimate of drug-likeness (QED) is 0.0856. The highest BCUT2D eigenvalue weighted by molar-refractivity contribution is 6.90. The van der Waals surface area contributed by atoms with Crippen LogP contribution in [0.5, 0.6) is 0 Å². The fraction of sp³-hybridized carbons (Fsp3) is 0.313. The van der Waals surface area contributed by atoms with E-state index in [1.165, 1.54) is 21.5 Å². The maximum Gasteiger partial charge on any atom is 0.212 e. The molecule has 0 spiro atoms. The molecule has 0 saturated heterocycles. The number of pyridine rings is 4. The number of nitrogens with zero attached hydrogens (tertiary/aromatic N) is 4. The van der Waals surface area contributed by atoms with Gasteiger partial charge in [-0.2, -0.15) is 0 Å². The van der Waals surface area contributed by atoms with Crippen molar-refractivity contribution < 1.29 is 41.6 Å². The van der Waals surface area contributed by atoms with Crippen molar-refractivity contribution in [2.24, 2.45) is 33.6 Å². The molecule has 0 aliphatic carbocycles. The van der Waals surface area contributed by atoms with E-state index in [4.69, 9.17) is 23.3 Å². The van der Waals surface area contributed by atoms with Crippen LogP contribution in [-0.4, -0.2) is 24.2 Å². The summed E-state index contributed by atoms with van der Waals surface area (Å²) in [6, 6.07) is 62.1. The lowest BCUT2D eigenvalue weighted by atomic mass is 9.86. The molecule has 0 aliphatic rings. The molecule has 0 N–H and O–H groups in total. The van der Waals surface area contributed by atoms with Gasteiger partial charge in [-0.3, -0.25) is 0 Å². The molecule has 0 aliphatic heterocycles. The van der Waals surface area contributed by atoms with Crippen LogP contribution in [0.3, 0.4) is 0 Å². The van der Waals surface area contributed by atoms with Crippen LogP contribution >= 0.6 is 0 Å². The highest BCUT2D eigenvalue weighted by atomic mass is 28.3. The predicted molar refractivity (Wildman–Crippen MR) is 468 cm³/mol. The van der Waals surface area contributed by atoms with Crippen LogP contribution in [0, 0.1) is 95.1 Å². The molecule has 4 heterocycles. The fourth-order valence-corrected chi connectivity index (χ4v) is 17.8. The molecule has 0 unspecified atom stereocenters. The molecule has 106 heavy (non-hydrogen) atoms. The van der Waals surface area contributed by atoms with Gasteiger partial charge in [0.15, 0.2) is 24.8 Å². The Morgan fingerprint density at radius 2 is 0.679 bits per heavy atom. The predicted octanol–water partition coefficient (Wildman–Crippen LogP) is 22.6. The second-order valence-corrected chi connectivity index (χ2v) is 48.4. The Hall–Kier alpha value is -8.99. The van der Waals surface area contributed by atoms with Crippen LogP contribution in [0.1, 0.15) is 122 Å².